The van der Waals surface area contributed by atoms with Crippen molar-refractivity contribution in [2.75, 3.05) is 0 Å². The summed E-state index contributed by atoms with van der Waals surface area (Å²) in [6.07, 6.45) is 0. The van der Waals surface area contributed by atoms with Crippen LogP contribution in [0.1, 0.15) is 0 Å². The molecule has 0 saturated heterocycles. The second kappa shape index (κ2) is 20300. The third-order valence-electron chi connectivity index (χ3n) is 0. The smallest absolute Gasteiger partial charge is 0 e. The van der Waals surface area contributed by atoms with Gasteiger partial charge in [0.2, 0.25) is 0 Å². The van der Waals surface area contributed by atoms with E-state index in [1.54, 1.807) is 0 Å². The molecule has 0 spiro atoms. The fraction of sp³-hybridized carbons (Fsp3) is 0.100. The van der Waals surface area contributed by atoms with E-state index in [1.165, 1.54) is 0 Å². The van der Waals surface area contributed by atoms with Gasteiger partial charge in [-0.15, -0.1) is 0 Å². The van der Waals surface area contributed by atoms with Crippen LogP contribution in [0.3, 0.4) is 0 Å². The van der Waals surface area contributed by atoms with Gasteiger partial charge in [0.25, 0.3) is 0 Å². The summed E-state index contributed by atoms with van der Waals surface area (Å²) < 4.78 is 122. The van der Waals surface area contributed by atoms with Gasteiger partial charge in [0.1, 0.15) is 0 Å². The quantitative estimate of drug-likeness (QED) is 0.179. The summed E-state index contributed by atoms with van der Waals surface area (Å²) in [5.74, 6) is 0. The number of rotatable bonds is 0. The zero-order valence-corrected chi connectivity index (χ0v) is 31.9. The Hall–Kier alpha value is -0.217. The van der Waals surface area contributed by atoms with Gasteiger partial charge in [-0.25, -0.2) is 0 Å². The van der Waals surface area contributed by atoms with Gasteiger partial charge in [0, 0.05) is 75.0 Å². The van der Waals surface area contributed by atoms with E-state index in [4.69, 9.17) is 74.4 Å². The van der Waals surface area contributed by atoms with Crippen LogP contribution in [0.2, 0.25) is 8.94 Å². The molecule has 16 nitrogen and oxygen atoms in total. The fourth-order valence-corrected chi connectivity index (χ4v) is 0. The zero-order chi connectivity index (χ0) is 37.4. The molecule has 0 N–H and O–H groups in total. The third kappa shape index (κ3) is 1270000. The SMILES string of the molecule is [C-]#[O+].[C-]#[O+].[C-]#[O+].[C-]#[O+].[C-]#[O+].[C-]#[O+].[C-]#[O+].[C-]#[O+].[C-]#[O+].[C-]#[O+].[C-]#[O+].[C-]#[O+].[C-]#[O+].[C-]#[O+].[C-]#[O+].[C-]#[O+].[CH2-]C[Te].[CH2-]C[Te].[Fe].[Fe].[Re].[Re]. The van der Waals surface area contributed by atoms with Crippen LogP contribution in [0, 0.1) is 120 Å². The zero-order valence-electron chi connectivity index (χ0n) is 19.6. The Bertz CT molecular complexity index is 364. The van der Waals surface area contributed by atoms with E-state index in [-0.39, 0.29) is 75.0 Å². The Balaban J connectivity index is -0.00000000503. The Morgan fingerprint density at radius 1 is 0.262 bits per heavy atom. The standard InChI is InChI=1S/2C2H4Te.16CO.2Fe.2Re/c2*1-2-3;16*1-2;;;;/h2*1-2H2;;;;;;;;;;;;;;;;;;;;/q2*-1;;;;;;;;;;;;;;;;;;;;. The maximum absolute atomic E-state index is 7.50. The van der Waals surface area contributed by atoms with Gasteiger partial charge in [-0.05, 0) is 0 Å². The topological polar surface area (TPSA) is 318 Å². The van der Waals surface area contributed by atoms with Crippen LogP contribution in [0.15, 0.2) is 0 Å². The van der Waals surface area contributed by atoms with Gasteiger partial charge >= 0.3 is 248 Å². The maximum Gasteiger partial charge on any atom is 0 e. The van der Waals surface area contributed by atoms with Gasteiger partial charge in [0.15, 0.2) is 0 Å². The first-order valence-electron chi connectivity index (χ1n) is 4.84. The average molecular weight is 1240 g/mol. The largest absolute Gasteiger partial charge is 0 e. The van der Waals surface area contributed by atoms with E-state index in [1.807, 2.05) is 44.6 Å². The van der Waals surface area contributed by atoms with E-state index in [0.29, 0.717) is 0 Å². The van der Waals surface area contributed by atoms with Crippen LogP contribution in [0.25, 0.3) is 0 Å². The van der Waals surface area contributed by atoms with Crippen molar-refractivity contribution < 1.29 is 149 Å². The molecule has 228 valence electrons. The first-order chi connectivity index (χ1) is 18.8. The van der Waals surface area contributed by atoms with Crippen molar-refractivity contribution in [3.63, 3.8) is 0 Å². The summed E-state index contributed by atoms with van der Waals surface area (Å²) in [6, 6.07) is 0. The Labute approximate surface area is 320 Å². The van der Waals surface area contributed by atoms with Crippen molar-refractivity contribution >= 4 is 44.6 Å². The van der Waals surface area contributed by atoms with E-state index >= 15 is 0 Å². The van der Waals surface area contributed by atoms with Gasteiger partial charge in [-0.1, -0.05) is 0 Å². The molecule has 0 aromatic carbocycles. The molecule has 0 bridgehead atoms. The molecular formula is C20H8Fe2O16Re2Te2-2. The average Bonchev–Trinajstić information content (AvgIpc) is 3.12. The molecule has 4 radical (unpaired) electrons. The maximum atomic E-state index is 7.50. The monoisotopic (exact) mass is 1250 g/mol. The first-order valence-corrected chi connectivity index (χ1v) is 8.14. The van der Waals surface area contributed by atoms with Gasteiger partial charge in [-0.3, -0.25) is 0 Å². The summed E-state index contributed by atoms with van der Waals surface area (Å²) in [4.78, 5) is 0. The van der Waals surface area contributed by atoms with Crippen LogP contribution in [0.4, 0.5) is 0 Å². The molecule has 0 amide bonds. The summed E-state index contributed by atoms with van der Waals surface area (Å²) in [5, 5.41) is 0. The van der Waals surface area contributed by atoms with E-state index in [9.17, 15) is 0 Å². The van der Waals surface area contributed by atoms with Crippen molar-refractivity contribution in [3.8, 4) is 0 Å². The van der Waals surface area contributed by atoms with Gasteiger partial charge < -0.3 is 0 Å². The van der Waals surface area contributed by atoms with Crippen LogP contribution < -0.4 is 0 Å². The summed E-state index contributed by atoms with van der Waals surface area (Å²) in [7, 11) is 0. The van der Waals surface area contributed by atoms with Crippen LogP contribution >= 0.6 is 0 Å². The molecule has 0 atom stereocenters. The minimum atomic E-state index is 0. The second-order valence-electron chi connectivity index (χ2n) is 0.408. The van der Waals surface area contributed by atoms with E-state index in [0.717, 1.165) is 8.94 Å². The molecule has 0 aliphatic heterocycles. The number of hydrogen-bond acceptors (Lipinski definition) is 0. The van der Waals surface area contributed by atoms with Crippen molar-refractivity contribution in [2.24, 2.45) is 0 Å². The molecule has 0 unspecified atom stereocenters. The molecule has 22 heteroatoms. The Morgan fingerprint density at radius 3 is 0.262 bits per heavy atom. The predicted molar refractivity (Wildman–Crippen MR) is 94.7 cm³/mol. The molecule has 42 heavy (non-hydrogen) atoms. The van der Waals surface area contributed by atoms with Crippen LogP contribution in [-0.2, 0) is 149 Å². The molecule has 0 aromatic rings. The predicted octanol–water partition coefficient (Wildman–Crippen LogP) is 0.204. The number of hydrogen-bond donors (Lipinski definition) is 0. The van der Waals surface area contributed by atoms with Crippen LogP contribution in [0.5, 0.6) is 0 Å². The van der Waals surface area contributed by atoms with Crippen molar-refractivity contribution in [3.05, 3.63) is 120 Å². The van der Waals surface area contributed by atoms with E-state index < -0.39 is 0 Å². The molecule has 0 rings (SSSR count). The summed E-state index contributed by atoms with van der Waals surface area (Å²) in [6.45, 7) is 79.0. The molecule has 0 fully saturated rings. The third-order valence-corrected chi connectivity index (χ3v) is 0. The second-order valence-corrected chi connectivity index (χ2v) is 2.74. The molecule has 0 saturated carbocycles. The summed E-state index contributed by atoms with van der Waals surface area (Å²) in [5.41, 5.74) is 0. The summed E-state index contributed by atoms with van der Waals surface area (Å²) >= 11 is 3.92. The van der Waals surface area contributed by atoms with Crippen molar-refractivity contribution in [2.45, 2.75) is 8.94 Å². The normalized spacial score (nSPS) is 1.62. The minimum absolute atomic E-state index is 0. The van der Waals surface area contributed by atoms with Gasteiger partial charge in [0.05, 0.1) is 0 Å². The molecule has 0 aromatic heterocycles. The Kier molecular flexibility index (Phi) is 85900. The molecule has 0 aliphatic rings. The fourth-order valence-electron chi connectivity index (χ4n) is 0. The van der Waals surface area contributed by atoms with Crippen molar-refractivity contribution in [1.82, 2.24) is 0 Å². The van der Waals surface area contributed by atoms with E-state index in [2.05, 4.69) is 120 Å². The minimum Gasteiger partial charge on any atom is 0 e. The molecular weight excluding hydrogens is 1240 g/mol. The van der Waals surface area contributed by atoms with Crippen LogP contribution in [-0.4, -0.2) is 44.6 Å². The van der Waals surface area contributed by atoms with Crippen molar-refractivity contribution in [1.29, 1.82) is 0 Å². The first kappa shape index (κ1) is 178. The molecule has 0 heterocycles. The Morgan fingerprint density at radius 2 is 0.262 bits per heavy atom. The molecule has 0 aliphatic carbocycles. The van der Waals surface area contributed by atoms with Gasteiger partial charge in [-0.2, -0.15) is 0 Å².